The molecule has 6 heteroatoms. The summed E-state index contributed by atoms with van der Waals surface area (Å²) in [7, 11) is 0. The molecule has 1 aliphatic carbocycles. The van der Waals surface area contributed by atoms with Gasteiger partial charge < -0.3 is 10.1 Å². The van der Waals surface area contributed by atoms with Crippen molar-refractivity contribution >= 4 is 12.1 Å². The lowest BCUT2D eigenvalue weighted by molar-refractivity contribution is 0.0304. The van der Waals surface area contributed by atoms with Crippen molar-refractivity contribution in [3.05, 3.63) is 35.6 Å². The van der Waals surface area contributed by atoms with E-state index in [2.05, 4.69) is 10.3 Å². The van der Waals surface area contributed by atoms with Crippen LogP contribution in [0.5, 0.6) is 0 Å². The first-order valence-corrected chi connectivity index (χ1v) is 8.91. The molecule has 2 unspecified atom stereocenters. The number of carbonyl (C=O) groups is 1. The Morgan fingerprint density at radius 1 is 1.36 bits per heavy atom. The quantitative estimate of drug-likeness (QED) is 0.884. The van der Waals surface area contributed by atoms with E-state index in [0.29, 0.717) is 12.5 Å². The van der Waals surface area contributed by atoms with Gasteiger partial charge in [0.1, 0.15) is 11.4 Å². The van der Waals surface area contributed by atoms with Gasteiger partial charge in [0.2, 0.25) is 5.96 Å². The third-order valence-corrected chi connectivity index (χ3v) is 4.49. The minimum Gasteiger partial charge on any atom is -0.443 e. The summed E-state index contributed by atoms with van der Waals surface area (Å²) in [5, 5.41) is 3.38. The number of halogens is 1. The van der Waals surface area contributed by atoms with E-state index in [9.17, 15) is 9.18 Å². The van der Waals surface area contributed by atoms with Crippen LogP contribution in [-0.2, 0) is 11.3 Å². The van der Waals surface area contributed by atoms with Crippen LogP contribution in [0.2, 0.25) is 0 Å². The topological polar surface area (TPSA) is 53.9 Å². The first-order valence-electron chi connectivity index (χ1n) is 8.91. The van der Waals surface area contributed by atoms with Gasteiger partial charge in [0.15, 0.2) is 0 Å². The van der Waals surface area contributed by atoms with E-state index in [-0.39, 0.29) is 24.0 Å². The first kappa shape index (κ1) is 17.7. The predicted molar refractivity (Wildman–Crippen MR) is 94.8 cm³/mol. The second-order valence-electron chi connectivity index (χ2n) is 7.72. The van der Waals surface area contributed by atoms with Gasteiger partial charge in [-0.2, -0.15) is 0 Å². The summed E-state index contributed by atoms with van der Waals surface area (Å²) in [5.74, 6) is 0.255. The van der Waals surface area contributed by atoms with Crippen molar-refractivity contribution in [1.29, 1.82) is 0 Å². The van der Waals surface area contributed by atoms with E-state index in [4.69, 9.17) is 4.74 Å². The van der Waals surface area contributed by atoms with E-state index in [1.54, 1.807) is 11.0 Å². The zero-order valence-corrected chi connectivity index (χ0v) is 15.1. The molecule has 2 fully saturated rings. The van der Waals surface area contributed by atoms with Gasteiger partial charge in [-0.25, -0.2) is 19.1 Å². The van der Waals surface area contributed by atoms with Crippen LogP contribution < -0.4 is 5.32 Å². The van der Waals surface area contributed by atoms with Gasteiger partial charge >= 0.3 is 6.09 Å². The molecule has 136 valence electrons. The summed E-state index contributed by atoms with van der Waals surface area (Å²) < 4.78 is 18.9. The highest BCUT2D eigenvalue weighted by Gasteiger charge is 2.44. The lowest BCUT2D eigenvalue weighted by atomic mass is 9.91. The molecule has 1 amide bonds. The Kier molecular flexibility index (Phi) is 4.97. The van der Waals surface area contributed by atoms with Gasteiger partial charge in [0.25, 0.3) is 0 Å². The number of fused-ring (bicyclic) bond motifs is 1. The molecule has 2 atom stereocenters. The summed E-state index contributed by atoms with van der Waals surface area (Å²) in [6.07, 6.45) is 3.83. The monoisotopic (exact) mass is 347 g/mol. The summed E-state index contributed by atoms with van der Waals surface area (Å²) >= 11 is 0. The molecular weight excluding hydrogens is 321 g/mol. The Morgan fingerprint density at radius 2 is 2.12 bits per heavy atom. The number of benzene rings is 1. The molecular formula is C19H26FN3O2. The van der Waals surface area contributed by atoms with Crippen molar-refractivity contribution in [2.75, 3.05) is 0 Å². The Bertz CT molecular complexity index is 669. The molecule has 0 spiro atoms. The molecule has 0 aromatic heterocycles. The molecule has 25 heavy (non-hydrogen) atoms. The lowest BCUT2D eigenvalue weighted by Gasteiger charge is -2.31. The molecule has 5 nitrogen and oxygen atoms in total. The molecule has 1 heterocycles. The SMILES string of the molecule is CC(C)(C)OC(=O)N1C(=NCc2cccc(F)c2)NC2CCCCC21. The smallest absolute Gasteiger partial charge is 0.417 e. The van der Waals surface area contributed by atoms with Crippen LogP contribution >= 0.6 is 0 Å². The van der Waals surface area contributed by atoms with E-state index in [1.165, 1.54) is 12.1 Å². The van der Waals surface area contributed by atoms with E-state index in [1.807, 2.05) is 26.8 Å². The molecule has 1 saturated heterocycles. The largest absolute Gasteiger partial charge is 0.443 e. The van der Waals surface area contributed by atoms with Crippen LogP contribution in [0.25, 0.3) is 0 Å². The zero-order chi connectivity index (χ0) is 18.0. The average Bonchev–Trinajstić information content (AvgIpc) is 2.90. The maximum absolute atomic E-state index is 13.4. The number of hydrogen-bond acceptors (Lipinski definition) is 3. The number of nitrogens with one attached hydrogen (secondary N) is 1. The van der Waals surface area contributed by atoms with Gasteiger partial charge in [-0.15, -0.1) is 0 Å². The van der Waals surface area contributed by atoms with Crippen LogP contribution in [-0.4, -0.2) is 34.6 Å². The molecule has 1 aliphatic heterocycles. The van der Waals surface area contributed by atoms with Gasteiger partial charge in [-0.05, 0) is 51.3 Å². The van der Waals surface area contributed by atoms with Crippen molar-refractivity contribution < 1.29 is 13.9 Å². The fourth-order valence-electron chi connectivity index (χ4n) is 3.44. The van der Waals surface area contributed by atoms with Crippen molar-refractivity contribution in [3.8, 4) is 0 Å². The van der Waals surface area contributed by atoms with Crippen molar-refractivity contribution in [3.63, 3.8) is 0 Å². The van der Waals surface area contributed by atoms with Crippen LogP contribution in [0.1, 0.15) is 52.0 Å². The number of carbonyl (C=O) groups excluding carboxylic acids is 1. The molecule has 1 N–H and O–H groups in total. The number of aliphatic imine (C=N–C) groups is 1. The normalized spacial score (nSPS) is 24.8. The summed E-state index contributed by atoms with van der Waals surface area (Å²) in [5.41, 5.74) is 0.214. The maximum Gasteiger partial charge on any atom is 0.417 e. The Morgan fingerprint density at radius 3 is 2.84 bits per heavy atom. The second-order valence-corrected chi connectivity index (χ2v) is 7.72. The minimum atomic E-state index is -0.558. The van der Waals surface area contributed by atoms with Crippen molar-refractivity contribution in [2.45, 2.75) is 70.7 Å². The number of rotatable bonds is 2. The highest BCUT2D eigenvalue weighted by Crippen LogP contribution is 2.29. The first-order chi connectivity index (χ1) is 11.8. The van der Waals surface area contributed by atoms with Gasteiger partial charge in [-0.1, -0.05) is 25.0 Å². The maximum atomic E-state index is 13.4. The van der Waals surface area contributed by atoms with E-state index in [0.717, 1.165) is 31.2 Å². The standard InChI is InChI=1S/C19H26FN3O2/c1-19(2,3)25-18(24)23-16-10-5-4-9-15(16)22-17(23)21-12-13-7-6-8-14(20)11-13/h6-8,11,15-16H,4-5,9-10,12H2,1-3H3,(H,21,22). The van der Waals surface area contributed by atoms with Crippen LogP contribution in [0.3, 0.4) is 0 Å². The highest BCUT2D eigenvalue weighted by molar-refractivity contribution is 5.96. The number of guanidine groups is 1. The minimum absolute atomic E-state index is 0.0786. The van der Waals surface area contributed by atoms with Crippen molar-refractivity contribution in [1.82, 2.24) is 10.2 Å². The molecule has 1 saturated carbocycles. The van der Waals surface area contributed by atoms with Crippen LogP contribution in [0, 0.1) is 5.82 Å². The van der Waals surface area contributed by atoms with Gasteiger partial charge in [0, 0.05) is 0 Å². The zero-order valence-electron chi connectivity index (χ0n) is 15.1. The lowest BCUT2D eigenvalue weighted by Crippen LogP contribution is -2.45. The highest BCUT2D eigenvalue weighted by atomic mass is 19.1. The van der Waals surface area contributed by atoms with Crippen molar-refractivity contribution in [2.24, 2.45) is 4.99 Å². The Hall–Kier alpha value is -2.11. The Labute approximate surface area is 148 Å². The van der Waals surface area contributed by atoms with Crippen LogP contribution in [0.15, 0.2) is 29.3 Å². The molecule has 1 aromatic carbocycles. The third-order valence-electron chi connectivity index (χ3n) is 4.49. The van der Waals surface area contributed by atoms with E-state index >= 15 is 0 Å². The van der Waals surface area contributed by atoms with Crippen LogP contribution in [0.4, 0.5) is 9.18 Å². The average molecular weight is 347 g/mol. The summed E-state index contributed by atoms with van der Waals surface area (Å²) in [6.45, 7) is 5.89. The number of nitrogens with zero attached hydrogens (tertiary/aromatic N) is 2. The molecule has 3 rings (SSSR count). The second kappa shape index (κ2) is 7.02. The third kappa shape index (κ3) is 4.30. The molecule has 2 aliphatic rings. The summed E-state index contributed by atoms with van der Waals surface area (Å²) in [4.78, 5) is 18.9. The number of hydrogen-bond donors (Lipinski definition) is 1. The molecule has 0 radical (unpaired) electrons. The fourth-order valence-corrected chi connectivity index (χ4v) is 3.44. The fraction of sp³-hybridized carbons (Fsp3) is 0.579. The molecule has 1 aromatic rings. The Balaban J connectivity index is 1.81. The van der Waals surface area contributed by atoms with E-state index < -0.39 is 5.60 Å². The predicted octanol–water partition coefficient (Wildman–Crippen LogP) is 3.83. The van der Waals surface area contributed by atoms with Gasteiger partial charge in [-0.3, -0.25) is 0 Å². The molecule has 0 bridgehead atoms. The number of ether oxygens (including phenoxy) is 1. The van der Waals surface area contributed by atoms with Gasteiger partial charge in [0.05, 0.1) is 18.6 Å². The summed E-state index contributed by atoms with van der Waals surface area (Å²) in [6, 6.07) is 6.66. The number of amides is 1.